The predicted molar refractivity (Wildman–Crippen MR) is 55.1 cm³/mol. The standard InChI is InChI=1S/C8H18NO3P.2Na/c9-8(4-2-1-3-5-8)6-7-13(10,11)12;;/h1-7,9H2,(H2,10,11,12);;/q;;+1/p-1. The van der Waals surface area contributed by atoms with E-state index >= 15 is 0 Å². The Kier molecular flexibility index (Phi) is 10.7. The second kappa shape index (κ2) is 8.25. The smallest absolute Gasteiger partial charge is 0.779 e. The minimum atomic E-state index is -4.10. The van der Waals surface area contributed by atoms with Crippen molar-refractivity contribution in [3.8, 4) is 0 Å². The minimum absolute atomic E-state index is 0. The van der Waals surface area contributed by atoms with Gasteiger partial charge in [-0.25, -0.2) is 0 Å². The number of hydrogen-bond donors (Lipinski definition) is 2. The number of rotatable bonds is 3. The molecular formula is C8H17NNa2O3P. The molecule has 0 heterocycles. The molecule has 15 heavy (non-hydrogen) atoms. The van der Waals surface area contributed by atoms with Crippen LogP contribution in [0.1, 0.15) is 38.5 Å². The zero-order chi connectivity index (χ0) is 9.95. The quantitative estimate of drug-likeness (QED) is 0.420. The fourth-order valence-electron chi connectivity index (χ4n) is 1.87. The first-order chi connectivity index (χ1) is 5.91. The molecule has 0 bridgehead atoms. The molecule has 0 aliphatic heterocycles. The van der Waals surface area contributed by atoms with Crippen molar-refractivity contribution in [2.75, 3.05) is 6.16 Å². The van der Waals surface area contributed by atoms with Crippen LogP contribution in [-0.4, -0.2) is 46.2 Å². The monoisotopic (exact) mass is 252 g/mol. The van der Waals surface area contributed by atoms with Crippen LogP contribution in [0, 0.1) is 0 Å². The van der Waals surface area contributed by atoms with Crippen LogP contribution in [0.2, 0.25) is 0 Å². The Bertz CT molecular complexity index is 216. The van der Waals surface area contributed by atoms with E-state index in [9.17, 15) is 9.46 Å². The molecule has 1 aliphatic rings. The van der Waals surface area contributed by atoms with Gasteiger partial charge in [0.2, 0.25) is 0 Å². The van der Waals surface area contributed by atoms with E-state index in [0.29, 0.717) is 6.42 Å². The molecule has 1 radical (unpaired) electrons. The number of hydrogen-bond acceptors (Lipinski definition) is 3. The molecule has 1 unspecified atom stereocenters. The van der Waals surface area contributed by atoms with Gasteiger partial charge in [-0.15, -0.1) is 0 Å². The third-order valence-corrected chi connectivity index (χ3v) is 3.53. The second-order valence-electron chi connectivity index (χ2n) is 4.03. The molecule has 7 heteroatoms. The zero-order valence-corrected chi connectivity index (χ0v) is 14.6. The van der Waals surface area contributed by atoms with E-state index in [1.807, 2.05) is 0 Å². The molecule has 4 nitrogen and oxygen atoms in total. The summed E-state index contributed by atoms with van der Waals surface area (Å²) in [6.07, 6.45) is 5.32. The Balaban J connectivity index is 0. The van der Waals surface area contributed by atoms with Crippen LogP contribution in [0.3, 0.4) is 0 Å². The van der Waals surface area contributed by atoms with Gasteiger partial charge in [0.25, 0.3) is 0 Å². The van der Waals surface area contributed by atoms with Crippen molar-refractivity contribution in [1.29, 1.82) is 0 Å². The summed E-state index contributed by atoms with van der Waals surface area (Å²) in [5, 5.41) is 0. The van der Waals surface area contributed by atoms with Crippen molar-refractivity contribution in [3.05, 3.63) is 0 Å². The van der Waals surface area contributed by atoms with Gasteiger partial charge in [-0.2, -0.15) is 0 Å². The van der Waals surface area contributed by atoms with Crippen molar-refractivity contribution in [3.63, 3.8) is 0 Å². The molecule has 79 valence electrons. The molecule has 1 atom stereocenters. The predicted octanol–water partition coefficient (Wildman–Crippen LogP) is -2.79. The first kappa shape index (κ1) is 19.4. The molecule has 0 aromatic carbocycles. The normalized spacial score (nSPS) is 23.1. The van der Waals surface area contributed by atoms with E-state index < -0.39 is 7.60 Å². The van der Waals surface area contributed by atoms with Crippen LogP contribution < -0.4 is 40.2 Å². The molecule has 0 spiro atoms. The maximum atomic E-state index is 10.5. The summed E-state index contributed by atoms with van der Waals surface area (Å²) in [7, 11) is -4.10. The van der Waals surface area contributed by atoms with E-state index in [0.717, 1.165) is 25.7 Å². The maximum absolute atomic E-state index is 10.5. The van der Waals surface area contributed by atoms with E-state index in [-0.39, 0.29) is 70.8 Å². The van der Waals surface area contributed by atoms with Gasteiger partial charge in [-0.1, -0.05) is 19.3 Å². The average Bonchev–Trinajstić information content (AvgIpc) is 2.02. The van der Waals surface area contributed by atoms with Crippen LogP contribution in [0.5, 0.6) is 0 Å². The molecule has 0 aromatic heterocycles. The summed E-state index contributed by atoms with van der Waals surface area (Å²) in [6.45, 7) is 0. The molecule has 1 rings (SSSR count). The summed E-state index contributed by atoms with van der Waals surface area (Å²) >= 11 is 0. The SMILES string of the molecule is NC1(CCP(=O)([O-])O)CCCCC1.[Na+].[Na]. The molecule has 1 aliphatic carbocycles. The second-order valence-corrected chi connectivity index (χ2v) is 5.76. The molecule has 1 fully saturated rings. The van der Waals surface area contributed by atoms with Gasteiger partial charge in [-0.05, 0) is 19.3 Å². The molecule has 3 N–H and O–H groups in total. The largest absolute Gasteiger partial charge is 1.00 e. The Morgan fingerprint density at radius 1 is 1.33 bits per heavy atom. The molecule has 0 aromatic rings. The topological polar surface area (TPSA) is 86.4 Å². The van der Waals surface area contributed by atoms with Crippen molar-refractivity contribution in [1.82, 2.24) is 0 Å². The van der Waals surface area contributed by atoms with Crippen molar-refractivity contribution >= 4 is 37.2 Å². The summed E-state index contributed by atoms with van der Waals surface area (Å²) in [5.74, 6) is 0. The van der Waals surface area contributed by atoms with E-state index in [1.54, 1.807) is 0 Å². The summed E-state index contributed by atoms with van der Waals surface area (Å²) in [6, 6.07) is 0. The van der Waals surface area contributed by atoms with Crippen LogP contribution >= 0.6 is 7.60 Å². The van der Waals surface area contributed by atoms with Crippen molar-refractivity contribution < 1.29 is 43.9 Å². The van der Waals surface area contributed by atoms with Crippen LogP contribution in [0.15, 0.2) is 0 Å². The third-order valence-electron chi connectivity index (χ3n) is 2.74. The molecule has 0 amide bonds. The van der Waals surface area contributed by atoms with Gasteiger partial charge < -0.3 is 20.1 Å². The van der Waals surface area contributed by atoms with Gasteiger partial charge in [0, 0.05) is 41.3 Å². The van der Waals surface area contributed by atoms with E-state index in [4.69, 9.17) is 10.6 Å². The van der Waals surface area contributed by atoms with Gasteiger partial charge in [0.1, 0.15) is 7.60 Å². The van der Waals surface area contributed by atoms with Crippen LogP contribution in [-0.2, 0) is 4.57 Å². The minimum Gasteiger partial charge on any atom is -0.779 e. The van der Waals surface area contributed by atoms with Crippen molar-refractivity contribution in [2.24, 2.45) is 5.73 Å². The first-order valence-corrected chi connectivity index (χ1v) is 6.49. The molecule has 1 saturated carbocycles. The summed E-state index contributed by atoms with van der Waals surface area (Å²) < 4.78 is 10.5. The Morgan fingerprint density at radius 2 is 1.80 bits per heavy atom. The van der Waals surface area contributed by atoms with Crippen molar-refractivity contribution in [2.45, 2.75) is 44.1 Å². The fraction of sp³-hybridized carbons (Fsp3) is 1.00. The van der Waals surface area contributed by atoms with Gasteiger partial charge in [-0.3, -0.25) is 0 Å². The maximum Gasteiger partial charge on any atom is 1.00 e. The Morgan fingerprint density at radius 3 is 2.20 bits per heavy atom. The summed E-state index contributed by atoms with van der Waals surface area (Å²) in [4.78, 5) is 19.2. The van der Waals surface area contributed by atoms with Crippen LogP contribution in [0.25, 0.3) is 0 Å². The Labute approximate surface area is 136 Å². The van der Waals surface area contributed by atoms with Crippen LogP contribution in [0.4, 0.5) is 0 Å². The van der Waals surface area contributed by atoms with E-state index in [1.165, 1.54) is 6.42 Å². The third kappa shape index (κ3) is 8.78. The number of nitrogens with two attached hydrogens (primary N) is 1. The zero-order valence-electron chi connectivity index (χ0n) is 9.74. The van der Waals surface area contributed by atoms with Gasteiger partial charge in [0.15, 0.2) is 0 Å². The van der Waals surface area contributed by atoms with Gasteiger partial charge in [0.05, 0.1) is 0 Å². The Hall–Kier alpha value is 2.11. The van der Waals surface area contributed by atoms with E-state index in [2.05, 4.69) is 0 Å². The fourth-order valence-corrected chi connectivity index (χ4v) is 2.60. The molecular weight excluding hydrogens is 235 g/mol. The average molecular weight is 252 g/mol. The first-order valence-electron chi connectivity index (χ1n) is 4.73. The molecule has 0 saturated heterocycles. The van der Waals surface area contributed by atoms with Gasteiger partial charge >= 0.3 is 29.6 Å². The summed E-state index contributed by atoms with van der Waals surface area (Å²) in [5.41, 5.74) is 5.65.